The van der Waals surface area contributed by atoms with Gasteiger partial charge in [-0.1, -0.05) is 18.2 Å². The smallest absolute Gasteiger partial charge is 0.355 e. The predicted octanol–water partition coefficient (Wildman–Crippen LogP) is 3.31. The number of fused-ring (bicyclic) bond motifs is 1. The van der Waals surface area contributed by atoms with Crippen LogP contribution in [0.25, 0.3) is 21.5 Å². The van der Waals surface area contributed by atoms with Crippen LogP contribution in [-0.4, -0.2) is 20.6 Å². The standard InChI is InChI=1S/C14H12N2O2S/c1-8-12(13-15-10(7-19-13)14(17)18)9-5-3-4-6-11(9)16(8)2/h3-7H,1-2H3,(H,17,18). The minimum atomic E-state index is -0.986. The van der Waals surface area contributed by atoms with E-state index in [4.69, 9.17) is 5.11 Å². The number of aromatic carboxylic acids is 1. The van der Waals surface area contributed by atoms with Gasteiger partial charge in [0.05, 0.1) is 0 Å². The Morgan fingerprint density at radius 2 is 2.11 bits per heavy atom. The number of carbonyl (C=O) groups is 1. The Bertz CT molecular complexity index is 786. The number of para-hydroxylation sites is 1. The van der Waals surface area contributed by atoms with Gasteiger partial charge in [-0.3, -0.25) is 0 Å². The molecule has 0 bridgehead atoms. The van der Waals surface area contributed by atoms with Crippen molar-refractivity contribution in [3.05, 3.63) is 41.0 Å². The summed E-state index contributed by atoms with van der Waals surface area (Å²) in [6.45, 7) is 2.02. The number of aromatic nitrogens is 2. The Morgan fingerprint density at radius 3 is 2.79 bits per heavy atom. The summed E-state index contributed by atoms with van der Waals surface area (Å²) in [5.41, 5.74) is 3.34. The minimum Gasteiger partial charge on any atom is -0.476 e. The van der Waals surface area contributed by atoms with Gasteiger partial charge in [-0.2, -0.15) is 0 Å². The van der Waals surface area contributed by atoms with E-state index in [1.165, 1.54) is 11.3 Å². The van der Waals surface area contributed by atoms with E-state index in [1.807, 2.05) is 32.2 Å². The van der Waals surface area contributed by atoms with Gasteiger partial charge >= 0.3 is 5.97 Å². The zero-order chi connectivity index (χ0) is 13.6. The van der Waals surface area contributed by atoms with Crippen LogP contribution in [0.3, 0.4) is 0 Å². The van der Waals surface area contributed by atoms with E-state index in [0.29, 0.717) is 0 Å². The highest BCUT2D eigenvalue weighted by Gasteiger charge is 2.17. The van der Waals surface area contributed by atoms with Crippen LogP contribution in [0.1, 0.15) is 16.2 Å². The lowest BCUT2D eigenvalue weighted by Gasteiger charge is -1.98. The Labute approximate surface area is 113 Å². The quantitative estimate of drug-likeness (QED) is 0.778. The fourth-order valence-corrected chi connectivity index (χ4v) is 3.18. The van der Waals surface area contributed by atoms with E-state index in [1.54, 1.807) is 5.38 Å². The molecule has 19 heavy (non-hydrogen) atoms. The molecule has 0 unspecified atom stereocenters. The Hall–Kier alpha value is -2.14. The zero-order valence-corrected chi connectivity index (χ0v) is 11.4. The molecule has 3 aromatic rings. The normalized spacial score (nSPS) is 11.1. The third-order valence-corrected chi connectivity index (χ3v) is 4.20. The number of carboxylic acids is 1. The van der Waals surface area contributed by atoms with Crippen LogP contribution in [0.2, 0.25) is 0 Å². The van der Waals surface area contributed by atoms with Crippen LogP contribution < -0.4 is 0 Å². The van der Waals surface area contributed by atoms with Crippen LogP contribution in [0.4, 0.5) is 0 Å². The lowest BCUT2D eigenvalue weighted by molar-refractivity contribution is 0.0691. The molecular formula is C14H12N2O2S. The van der Waals surface area contributed by atoms with Gasteiger partial charge in [0.2, 0.25) is 0 Å². The van der Waals surface area contributed by atoms with Gasteiger partial charge in [0.1, 0.15) is 5.01 Å². The van der Waals surface area contributed by atoms with Gasteiger partial charge in [0.15, 0.2) is 5.69 Å². The largest absolute Gasteiger partial charge is 0.476 e. The molecule has 0 fully saturated rings. The zero-order valence-electron chi connectivity index (χ0n) is 10.5. The highest BCUT2D eigenvalue weighted by atomic mass is 32.1. The molecule has 0 saturated heterocycles. The van der Waals surface area contributed by atoms with E-state index in [9.17, 15) is 4.79 Å². The molecule has 0 spiro atoms. The van der Waals surface area contributed by atoms with Gasteiger partial charge in [-0.05, 0) is 13.0 Å². The second-order valence-electron chi connectivity index (χ2n) is 4.38. The maximum Gasteiger partial charge on any atom is 0.355 e. The number of rotatable bonds is 2. The van der Waals surface area contributed by atoms with Crippen molar-refractivity contribution in [3.63, 3.8) is 0 Å². The van der Waals surface area contributed by atoms with Crippen molar-refractivity contribution >= 4 is 28.2 Å². The third-order valence-electron chi connectivity index (χ3n) is 3.34. The number of hydrogen-bond acceptors (Lipinski definition) is 3. The summed E-state index contributed by atoms with van der Waals surface area (Å²) < 4.78 is 2.10. The van der Waals surface area contributed by atoms with E-state index in [0.717, 1.165) is 27.2 Å². The van der Waals surface area contributed by atoms with Crippen molar-refractivity contribution in [2.24, 2.45) is 7.05 Å². The summed E-state index contributed by atoms with van der Waals surface area (Å²) in [4.78, 5) is 15.1. The van der Waals surface area contributed by atoms with Crippen molar-refractivity contribution in [1.29, 1.82) is 0 Å². The Balaban J connectivity index is 2.29. The minimum absolute atomic E-state index is 0.104. The molecule has 0 aliphatic heterocycles. The average molecular weight is 272 g/mol. The molecule has 0 atom stereocenters. The van der Waals surface area contributed by atoms with E-state index < -0.39 is 5.97 Å². The van der Waals surface area contributed by atoms with Crippen molar-refractivity contribution in [2.45, 2.75) is 6.92 Å². The van der Waals surface area contributed by atoms with Gasteiger partial charge in [-0.15, -0.1) is 11.3 Å². The topological polar surface area (TPSA) is 55.1 Å². The molecule has 1 N–H and O–H groups in total. The molecule has 0 aliphatic rings. The van der Waals surface area contributed by atoms with Crippen molar-refractivity contribution < 1.29 is 9.90 Å². The van der Waals surface area contributed by atoms with Crippen LogP contribution >= 0.6 is 11.3 Å². The highest BCUT2D eigenvalue weighted by Crippen LogP contribution is 2.35. The predicted molar refractivity (Wildman–Crippen MR) is 75.7 cm³/mol. The highest BCUT2D eigenvalue weighted by molar-refractivity contribution is 7.13. The van der Waals surface area contributed by atoms with Crippen LogP contribution in [0, 0.1) is 6.92 Å². The van der Waals surface area contributed by atoms with Crippen molar-refractivity contribution in [1.82, 2.24) is 9.55 Å². The summed E-state index contributed by atoms with van der Waals surface area (Å²) in [7, 11) is 2.01. The molecule has 0 aliphatic carbocycles. The van der Waals surface area contributed by atoms with E-state index in [-0.39, 0.29) is 5.69 Å². The maximum atomic E-state index is 10.9. The first-order chi connectivity index (χ1) is 9.09. The van der Waals surface area contributed by atoms with Crippen LogP contribution in [-0.2, 0) is 7.05 Å². The molecule has 3 rings (SSSR count). The SMILES string of the molecule is Cc1c(-c2nc(C(=O)O)cs2)c2ccccc2n1C. The third kappa shape index (κ3) is 1.74. The first-order valence-electron chi connectivity index (χ1n) is 5.83. The van der Waals surface area contributed by atoms with Gasteiger partial charge in [0.25, 0.3) is 0 Å². The summed E-state index contributed by atoms with van der Waals surface area (Å²) in [5, 5.41) is 12.4. The number of thiazole rings is 1. The lowest BCUT2D eigenvalue weighted by atomic mass is 10.1. The monoisotopic (exact) mass is 272 g/mol. The summed E-state index contributed by atoms with van der Waals surface area (Å²) >= 11 is 1.37. The number of aryl methyl sites for hydroxylation is 1. The summed E-state index contributed by atoms with van der Waals surface area (Å²) in [6.07, 6.45) is 0. The molecule has 2 aromatic heterocycles. The van der Waals surface area contributed by atoms with Crippen molar-refractivity contribution in [2.75, 3.05) is 0 Å². The number of hydrogen-bond donors (Lipinski definition) is 1. The second-order valence-corrected chi connectivity index (χ2v) is 5.24. The van der Waals surface area contributed by atoms with Gasteiger partial charge in [0, 0.05) is 34.6 Å². The Kier molecular flexibility index (Phi) is 2.64. The van der Waals surface area contributed by atoms with Gasteiger partial charge < -0.3 is 9.67 Å². The molecule has 0 saturated carbocycles. The second kappa shape index (κ2) is 4.20. The van der Waals surface area contributed by atoms with Crippen LogP contribution in [0.15, 0.2) is 29.6 Å². The van der Waals surface area contributed by atoms with Crippen molar-refractivity contribution in [3.8, 4) is 10.6 Å². The first-order valence-corrected chi connectivity index (χ1v) is 6.70. The Morgan fingerprint density at radius 1 is 1.37 bits per heavy atom. The average Bonchev–Trinajstić information content (AvgIpc) is 2.96. The number of nitrogens with zero attached hydrogens (tertiary/aromatic N) is 2. The fraction of sp³-hybridized carbons (Fsp3) is 0.143. The number of benzene rings is 1. The molecule has 0 amide bonds. The van der Waals surface area contributed by atoms with Crippen LogP contribution in [0.5, 0.6) is 0 Å². The summed E-state index contributed by atoms with van der Waals surface area (Å²) in [5.74, 6) is -0.986. The fourth-order valence-electron chi connectivity index (χ4n) is 2.28. The summed E-state index contributed by atoms with van der Waals surface area (Å²) in [6, 6.07) is 8.07. The van der Waals surface area contributed by atoms with E-state index >= 15 is 0 Å². The molecule has 1 aromatic carbocycles. The molecule has 5 heteroatoms. The maximum absolute atomic E-state index is 10.9. The molecule has 0 radical (unpaired) electrons. The van der Waals surface area contributed by atoms with Gasteiger partial charge in [-0.25, -0.2) is 9.78 Å². The number of carboxylic acid groups (broad SMARTS) is 1. The molecule has 2 heterocycles. The lowest BCUT2D eigenvalue weighted by Crippen LogP contribution is -1.96. The molecule has 96 valence electrons. The first kappa shape index (κ1) is 11.9. The van der Waals surface area contributed by atoms with E-state index in [2.05, 4.69) is 15.6 Å². The molecular weight excluding hydrogens is 260 g/mol. The molecule has 4 nitrogen and oxygen atoms in total.